The molecule has 3 rings (SSSR count). The molecule has 1 atom stereocenters. The molecule has 1 aliphatic rings. The van der Waals surface area contributed by atoms with E-state index in [1.807, 2.05) is 0 Å². The van der Waals surface area contributed by atoms with Crippen molar-refractivity contribution in [3.8, 4) is 0 Å². The number of nitrogens with one attached hydrogen (secondary N) is 2. The van der Waals surface area contributed by atoms with Crippen LogP contribution in [0.1, 0.15) is 57.8 Å². The van der Waals surface area contributed by atoms with Crippen LogP contribution in [-0.4, -0.2) is 52.6 Å². The Hall–Kier alpha value is -2.32. The number of benzene rings is 1. The minimum absolute atomic E-state index is 0.0932. The second-order valence-corrected chi connectivity index (χ2v) is 8.33. The van der Waals surface area contributed by atoms with Crippen LogP contribution in [0.3, 0.4) is 0 Å². The third-order valence-corrected chi connectivity index (χ3v) is 5.81. The number of carbonyl (C=O) groups is 2. The molecule has 1 aromatic heterocycles. The Morgan fingerprint density at radius 3 is 2.64 bits per heavy atom. The van der Waals surface area contributed by atoms with E-state index in [1.54, 1.807) is 31.2 Å². The highest BCUT2D eigenvalue weighted by Crippen LogP contribution is 2.16. The Bertz CT molecular complexity index is 805. The Morgan fingerprint density at radius 2 is 1.96 bits per heavy atom. The lowest BCUT2D eigenvalue weighted by molar-refractivity contribution is 0.0948. The zero-order valence-corrected chi connectivity index (χ0v) is 17.2. The molecular formula is C20H27N5O2S. The van der Waals surface area contributed by atoms with Gasteiger partial charge in [-0.25, -0.2) is 0 Å². The average molecular weight is 402 g/mol. The fourth-order valence-corrected chi connectivity index (χ4v) is 3.94. The molecule has 1 unspecified atom stereocenters. The van der Waals surface area contributed by atoms with Gasteiger partial charge in [-0.1, -0.05) is 17.8 Å². The van der Waals surface area contributed by atoms with E-state index in [-0.39, 0.29) is 11.8 Å². The van der Waals surface area contributed by atoms with Gasteiger partial charge in [0, 0.05) is 30.4 Å². The van der Waals surface area contributed by atoms with E-state index in [0.29, 0.717) is 28.8 Å². The van der Waals surface area contributed by atoms with Crippen molar-refractivity contribution < 1.29 is 9.59 Å². The smallest absolute Gasteiger partial charge is 0.286 e. The highest BCUT2D eigenvalue weighted by molar-refractivity contribution is 7.13. The number of anilines is 1. The number of likely N-dealkylation sites (tertiary alicyclic amines) is 1. The molecule has 1 saturated heterocycles. The van der Waals surface area contributed by atoms with Gasteiger partial charge in [0.15, 0.2) is 0 Å². The maximum Gasteiger partial charge on any atom is 0.286 e. The van der Waals surface area contributed by atoms with Gasteiger partial charge < -0.3 is 15.5 Å². The van der Waals surface area contributed by atoms with E-state index in [1.165, 1.54) is 37.1 Å². The Labute approximate surface area is 169 Å². The molecule has 0 saturated carbocycles. The lowest BCUT2D eigenvalue weighted by Gasteiger charge is -2.33. The van der Waals surface area contributed by atoms with Crippen molar-refractivity contribution in [1.29, 1.82) is 0 Å². The highest BCUT2D eigenvalue weighted by Gasteiger charge is 2.17. The number of amides is 2. The topological polar surface area (TPSA) is 87.2 Å². The molecule has 2 aromatic rings. The van der Waals surface area contributed by atoms with Crippen molar-refractivity contribution in [2.24, 2.45) is 0 Å². The monoisotopic (exact) mass is 401 g/mol. The summed E-state index contributed by atoms with van der Waals surface area (Å²) in [5.41, 5.74) is 1.20. The van der Waals surface area contributed by atoms with E-state index in [2.05, 4.69) is 32.7 Å². The molecule has 7 nitrogen and oxygen atoms in total. The minimum Gasteiger partial charge on any atom is -0.352 e. The van der Waals surface area contributed by atoms with Gasteiger partial charge in [-0.15, -0.1) is 10.2 Å². The molecule has 1 fully saturated rings. The van der Waals surface area contributed by atoms with Crippen LogP contribution in [0.15, 0.2) is 24.3 Å². The van der Waals surface area contributed by atoms with Gasteiger partial charge >= 0.3 is 0 Å². The van der Waals surface area contributed by atoms with Gasteiger partial charge in [0.25, 0.3) is 11.8 Å². The molecule has 28 heavy (non-hydrogen) atoms. The number of aromatic nitrogens is 2. The zero-order valence-electron chi connectivity index (χ0n) is 16.4. The quantitative estimate of drug-likeness (QED) is 0.696. The van der Waals surface area contributed by atoms with Crippen molar-refractivity contribution in [1.82, 2.24) is 20.4 Å². The lowest BCUT2D eigenvalue weighted by atomic mass is 10.0. The SMILES string of the molecule is Cc1nnc(C(=O)Nc2ccc(C(=O)NCCCN3CCCCC3C)cc2)s1. The summed E-state index contributed by atoms with van der Waals surface area (Å²) in [5, 5.41) is 14.5. The molecule has 2 amide bonds. The molecule has 0 aliphatic carbocycles. The van der Waals surface area contributed by atoms with Crippen LogP contribution in [0, 0.1) is 6.92 Å². The van der Waals surface area contributed by atoms with Crippen LogP contribution in [0.4, 0.5) is 5.69 Å². The van der Waals surface area contributed by atoms with E-state index < -0.39 is 0 Å². The molecule has 8 heteroatoms. The van der Waals surface area contributed by atoms with Crippen molar-refractivity contribution >= 4 is 28.8 Å². The van der Waals surface area contributed by atoms with E-state index in [4.69, 9.17) is 0 Å². The number of rotatable bonds is 7. The van der Waals surface area contributed by atoms with E-state index >= 15 is 0 Å². The summed E-state index contributed by atoms with van der Waals surface area (Å²) in [6.45, 7) is 6.94. The number of hydrogen-bond donors (Lipinski definition) is 2. The first-order chi connectivity index (χ1) is 13.5. The minimum atomic E-state index is -0.297. The summed E-state index contributed by atoms with van der Waals surface area (Å²) >= 11 is 1.24. The molecule has 1 aliphatic heterocycles. The largest absolute Gasteiger partial charge is 0.352 e. The first-order valence-corrected chi connectivity index (χ1v) is 10.6. The van der Waals surface area contributed by atoms with Gasteiger partial charge in [-0.05, 0) is 63.9 Å². The van der Waals surface area contributed by atoms with E-state index in [0.717, 1.165) is 18.0 Å². The van der Waals surface area contributed by atoms with Gasteiger partial charge in [-0.2, -0.15) is 0 Å². The number of piperidine rings is 1. The predicted octanol–water partition coefficient (Wildman–Crippen LogP) is 3.09. The summed E-state index contributed by atoms with van der Waals surface area (Å²) in [6, 6.07) is 7.51. The van der Waals surface area contributed by atoms with Crippen LogP contribution >= 0.6 is 11.3 Å². The lowest BCUT2D eigenvalue weighted by Crippen LogP contribution is -2.39. The van der Waals surface area contributed by atoms with Crippen LogP contribution in [-0.2, 0) is 0 Å². The number of hydrogen-bond acceptors (Lipinski definition) is 6. The number of aryl methyl sites for hydroxylation is 1. The molecule has 0 radical (unpaired) electrons. The third-order valence-electron chi connectivity index (χ3n) is 4.97. The molecule has 2 N–H and O–H groups in total. The van der Waals surface area contributed by atoms with Crippen molar-refractivity contribution in [3.05, 3.63) is 39.8 Å². The Morgan fingerprint density at radius 1 is 1.18 bits per heavy atom. The van der Waals surface area contributed by atoms with Crippen LogP contribution in [0.2, 0.25) is 0 Å². The molecule has 0 bridgehead atoms. The van der Waals surface area contributed by atoms with Gasteiger partial charge in [-0.3, -0.25) is 9.59 Å². The van der Waals surface area contributed by atoms with Gasteiger partial charge in [0.2, 0.25) is 5.01 Å². The second kappa shape index (κ2) is 9.75. The number of carbonyl (C=O) groups excluding carboxylic acids is 2. The zero-order chi connectivity index (χ0) is 19.9. The van der Waals surface area contributed by atoms with E-state index in [9.17, 15) is 9.59 Å². The normalized spacial score (nSPS) is 17.3. The second-order valence-electron chi connectivity index (χ2n) is 7.15. The highest BCUT2D eigenvalue weighted by atomic mass is 32.1. The first kappa shape index (κ1) is 20.4. The summed E-state index contributed by atoms with van der Waals surface area (Å²) in [7, 11) is 0. The van der Waals surface area contributed by atoms with Crippen LogP contribution < -0.4 is 10.6 Å². The van der Waals surface area contributed by atoms with Gasteiger partial charge in [0.05, 0.1) is 0 Å². The van der Waals surface area contributed by atoms with Gasteiger partial charge in [0.1, 0.15) is 5.01 Å². The molecule has 0 spiro atoms. The summed E-state index contributed by atoms with van der Waals surface area (Å²) < 4.78 is 0. The molecule has 2 heterocycles. The van der Waals surface area contributed by atoms with Crippen molar-refractivity contribution in [2.75, 3.05) is 25.0 Å². The standard InChI is InChI=1S/C20H27N5O2S/c1-14-6-3-4-12-25(14)13-5-11-21-18(26)16-7-9-17(10-8-16)22-19(27)20-24-23-15(2)28-20/h7-10,14H,3-6,11-13H2,1-2H3,(H,21,26)(H,22,27). The first-order valence-electron chi connectivity index (χ1n) is 9.76. The predicted molar refractivity (Wildman–Crippen MR) is 111 cm³/mol. The van der Waals surface area contributed by atoms with Crippen LogP contribution in [0.25, 0.3) is 0 Å². The van der Waals surface area contributed by atoms with Crippen LogP contribution in [0.5, 0.6) is 0 Å². The summed E-state index contributed by atoms with van der Waals surface area (Å²) in [4.78, 5) is 26.9. The number of nitrogens with zero attached hydrogens (tertiary/aromatic N) is 3. The average Bonchev–Trinajstić information content (AvgIpc) is 3.13. The molecule has 150 valence electrons. The fraction of sp³-hybridized carbons (Fsp3) is 0.500. The Kier molecular flexibility index (Phi) is 7.11. The fourth-order valence-electron chi connectivity index (χ4n) is 3.35. The Balaban J connectivity index is 1.42. The summed E-state index contributed by atoms with van der Waals surface area (Å²) in [6.07, 6.45) is 4.82. The molecular weight excluding hydrogens is 374 g/mol. The maximum absolute atomic E-state index is 12.3. The summed E-state index contributed by atoms with van der Waals surface area (Å²) in [5.74, 6) is -0.390. The molecule has 1 aromatic carbocycles. The van der Waals surface area contributed by atoms with Crippen molar-refractivity contribution in [3.63, 3.8) is 0 Å². The third kappa shape index (κ3) is 5.59. The van der Waals surface area contributed by atoms with Crippen molar-refractivity contribution in [2.45, 2.75) is 45.6 Å². The maximum atomic E-state index is 12.3.